The van der Waals surface area contributed by atoms with Gasteiger partial charge in [0.1, 0.15) is 17.3 Å². The summed E-state index contributed by atoms with van der Waals surface area (Å²) in [6, 6.07) is 9.22. The highest BCUT2D eigenvalue weighted by Gasteiger charge is 2.55. The number of halogens is 1. The highest BCUT2D eigenvalue weighted by atomic mass is 32.2. The molecule has 5 aliphatic rings. The number of anilines is 2. The van der Waals surface area contributed by atoms with Crippen LogP contribution in [0.2, 0.25) is 0 Å². The van der Waals surface area contributed by atoms with Gasteiger partial charge in [-0.05, 0) is 87.1 Å². The first-order chi connectivity index (χ1) is 18.0. The third-order valence-electron chi connectivity index (χ3n) is 9.02. The number of carbonyl (C=O) groups is 1. The first-order valence-electron chi connectivity index (χ1n) is 13.3. The Morgan fingerprint density at radius 2 is 1.89 bits per heavy atom. The average Bonchev–Trinajstić information content (AvgIpc) is 2.84. The fraction of sp³-hybridized carbons (Fsp3) is 0.556. The number of benzene rings is 1. The zero-order chi connectivity index (χ0) is 26.8. The van der Waals surface area contributed by atoms with E-state index in [1.807, 2.05) is 24.0 Å². The second kappa shape index (κ2) is 9.17. The first kappa shape index (κ1) is 25.5. The molecule has 11 heteroatoms. The van der Waals surface area contributed by atoms with Gasteiger partial charge >= 0.3 is 0 Å². The van der Waals surface area contributed by atoms with E-state index in [0.717, 1.165) is 38.2 Å². The molecule has 1 aliphatic heterocycles. The Morgan fingerprint density at radius 3 is 2.53 bits per heavy atom. The molecule has 3 atom stereocenters. The lowest BCUT2D eigenvalue weighted by molar-refractivity contribution is -0.136. The molecule has 2 aromatic rings. The lowest BCUT2D eigenvalue weighted by Gasteiger charge is -2.58. The van der Waals surface area contributed by atoms with Crippen molar-refractivity contribution in [2.24, 2.45) is 22.9 Å². The summed E-state index contributed by atoms with van der Waals surface area (Å²) in [6.07, 6.45) is 4.59. The number of primary sulfonamides is 1. The van der Waals surface area contributed by atoms with E-state index in [4.69, 9.17) is 5.14 Å². The number of hydrogen-bond donors (Lipinski definition) is 3. The second-order valence-electron chi connectivity index (χ2n) is 11.7. The van der Waals surface area contributed by atoms with Gasteiger partial charge in [0.05, 0.1) is 16.2 Å². The number of carbonyl (C=O) groups excluding carboxylic acids is 1. The molecule has 0 spiro atoms. The summed E-state index contributed by atoms with van der Waals surface area (Å²) < 4.78 is 37.8. The van der Waals surface area contributed by atoms with Crippen molar-refractivity contribution < 1.29 is 22.7 Å². The summed E-state index contributed by atoms with van der Waals surface area (Å²) in [7, 11) is -3.98. The maximum Gasteiger partial charge on any atom is 0.270 e. The minimum Gasteiger partial charge on any atom is -0.390 e. The highest BCUT2D eigenvalue weighted by molar-refractivity contribution is 7.89. The summed E-state index contributed by atoms with van der Waals surface area (Å²) in [4.78, 5) is 21.7. The maximum atomic E-state index is 14.7. The molecule has 1 saturated heterocycles. The SMILES string of the molecule is CC1CN(c2ccc(S(N)(=O)=O)cc2F)CCN1c1cccc(C(=O)NC2C3CC4CC2CC(O)(C4)C3)n1. The van der Waals surface area contributed by atoms with Crippen LogP contribution in [0.1, 0.15) is 49.5 Å². The quantitative estimate of drug-likeness (QED) is 0.528. The normalized spacial score (nSPS) is 32.5. The van der Waals surface area contributed by atoms with Gasteiger partial charge < -0.3 is 20.2 Å². The minimum atomic E-state index is -3.98. The fourth-order valence-electron chi connectivity index (χ4n) is 7.59. The Kier molecular flexibility index (Phi) is 6.16. The van der Waals surface area contributed by atoms with Crippen LogP contribution in [-0.2, 0) is 10.0 Å². The number of aromatic nitrogens is 1. The van der Waals surface area contributed by atoms with Crippen molar-refractivity contribution in [3.63, 3.8) is 0 Å². The van der Waals surface area contributed by atoms with E-state index < -0.39 is 21.4 Å². The van der Waals surface area contributed by atoms with Crippen molar-refractivity contribution in [2.45, 2.75) is 61.6 Å². The van der Waals surface area contributed by atoms with Crippen molar-refractivity contribution in [1.29, 1.82) is 0 Å². The van der Waals surface area contributed by atoms with Crippen molar-refractivity contribution in [2.75, 3.05) is 29.4 Å². The molecule has 7 rings (SSSR count). The molecule has 4 saturated carbocycles. The summed E-state index contributed by atoms with van der Waals surface area (Å²) in [5, 5.41) is 19.2. The Labute approximate surface area is 222 Å². The highest BCUT2D eigenvalue weighted by Crippen LogP contribution is 2.55. The monoisotopic (exact) mass is 543 g/mol. The van der Waals surface area contributed by atoms with Gasteiger partial charge in [0.15, 0.2) is 0 Å². The van der Waals surface area contributed by atoms with E-state index in [1.54, 1.807) is 6.07 Å². The summed E-state index contributed by atoms with van der Waals surface area (Å²) >= 11 is 0. The number of hydrogen-bond acceptors (Lipinski definition) is 7. The van der Waals surface area contributed by atoms with Crippen LogP contribution in [-0.4, -0.2) is 61.7 Å². The van der Waals surface area contributed by atoms with Crippen LogP contribution in [0.3, 0.4) is 0 Å². The topological polar surface area (TPSA) is 129 Å². The van der Waals surface area contributed by atoms with Crippen LogP contribution in [0.5, 0.6) is 0 Å². The number of sulfonamides is 1. The van der Waals surface area contributed by atoms with Gasteiger partial charge in [-0.1, -0.05) is 6.07 Å². The van der Waals surface area contributed by atoms with E-state index >= 15 is 0 Å². The number of pyridine rings is 1. The Morgan fingerprint density at radius 1 is 1.16 bits per heavy atom. The molecule has 204 valence electrons. The Balaban J connectivity index is 1.13. The molecule has 1 amide bonds. The second-order valence-corrected chi connectivity index (χ2v) is 13.3. The molecule has 4 bridgehead atoms. The standard InChI is InChI=1S/C27H34FN5O4S/c1-16-15-32(23-6-5-20(11-21(23)28)38(29,36)37)7-8-33(16)24-4-2-3-22(30-24)26(34)31-25-18-9-17-10-19(25)14-27(35,12-17)13-18/h2-6,11,16-19,25,35H,7-10,12-15H2,1H3,(H,31,34)(H2,29,36,37). The van der Waals surface area contributed by atoms with Gasteiger partial charge in [0.2, 0.25) is 10.0 Å². The molecule has 3 unspecified atom stereocenters. The lowest BCUT2D eigenvalue weighted by Crippen LogP contribution is -2.61. The van der Waals surface area contributed by atoms with Gasteiger partial charge in [-0.2, -0.15) is 0 Å². The molecule has 38 heavy (non-hydrogen) atoms. The number of nitrogens with zero attached hydrogens (tertiary/aromatic N) is 3. The molecule has 0 radical (unpaired) electrons. The number of nitrogens with one attached hydrogen (secondary N) is 1. The molecule has 1 aromatic carbocycles. The van der Waals surface area contributed by atoms with Crippen LogP contribution in [0, 0.1) is 23.6 Å². The lowest BCUT2D eigenvalue weighted by atomic mass is 9.52. The predicted octanol–water partition coefficient (Wildman–Crippen LogP) is 2.25. The molecule has 9 nitrogen and oxygen atoms in total. The van der Waals surface area contributed by atoms with Crippen molar-refractivity contribution in [3.8, 4) is 0 Å². The Hall–Kier alpha value is -2.76. The van der Waals surface area contributed by atoms with Crippen LogP contribution >= 0.6 is 0 Å². The number of piperazine rings is 1. The van der Waals surface area contributed by atoms with E-state index in [-0.39, 0.29) is 22.9 Å². The summed E-state index contributed by atoms with van der Waals surface area (Å²) in [6.45, 7) is 3.57. The third kappa shape index (κ3) is 4.65. The van der Waals surface area contributed by atoms with E-state index in [0.29, 0.717) is 54.6 Å². The molecule has 5 fully saturated rings. The van der Waals surface area contributed by atoms with Crippen LogP contribution in [0.15, 0.2) is 41.3 Å². The Bertz CT molecular complexity index is 1350. The van der Waals surface area contributed by atoms with E-state index in [9.17, 15) is 22.7 Å². The van der Waals surface area contributed by atoms with E-state index in [2.05, 4.69) is 15.2 Å². The van der Waals surface area contributed by atoms with Crippen molar-refractivity contribution >= 4 is 27.4 Å². The molecule has 1 aromatic heterocycles. The third-order valence-corrected chi connectivity index (χ3v) is 9.93. The van der Waals surface area contributed by atoms with Gasteiger partial charge in [0, 0.05) is 31.7 Å². The van der Waals surface area contributed by atoms with Crippen LogP contribution in [0.4, 0.5) is 15.9 Å². The maximum absolute atomic E-state index is 14.7. The zero-order valence-electron chi connectivity index (χ0n) is 21.4. The largest absolute Gasteiger partial charge is 0.390 e. The molecule has 4 aliphatic carbocycles. The van der Waals surface area contributed by atoms with Gasteiger partial charge in [0.25, 0.3) is 5.91 Å². The number of aliphatic hydroxyl groups is 1. The first-order valence-corrected chi connectivity index (χ1v) is 14.9. The average molecular weight is 544 g/mol. The molecule has 2 heterocycles. The van der Waals surface area contributed by atoms with Gasteiger partial charge in [-0.15, -0.1) is 0 Å². The van der Waals surface area contributed by atoms with E-state index in [1.165, 1.54) is 12.1 Å². The number of rotatable bonds is 5. The van der Waals surface area contributed by atoms with Gasteiger partial charge in [-0.3, -0.25) is 4.79 Å². The van der Waals surface area contributed by atoms with Crippen molar-refractivity contribution in [1.82, 2.24) is 10.3 Å². The molecular formula is C27H34FN5O4S. The predicted molar refractivity (Wildman–Crippen MR) is 141 cm³/mol. The fourth-order valence-corrected chi connectivity index (χ4v) is 8.12. The number of amides is 1. The van der Waals surface area contributed by atoms with Crippen molar-refractivity contribution in [3.05, 3.63) is 47.9 Å². The summed E-state index contributed by atoms with van der Waals surface area (Å²) in [5.41, 5.74) is 0.154. The van der Waals surface area contributed by atoms with Gasteiger partial charge in [-0.25, -0.2) is 22.9 Å². The van der Waals surface area contributed by atoms with Crippen LogP contribution in [0.25, 0.3) is 0 Å². The zero-order valence-corrected chi connectivity index (χ0v) is 22.2. The molecular weight excluding hydrogens is 509 g/mol. The molecule has 4 N–H and O–H groups in total. The number of nitrogens with two attached hydrogens (primary N) is 1. The van der Waals surface area contributed by atoms with Crippen LogP contribution < -0.4 is 20.3 Å². The summed E-state index contributed by atoms with van der Waals surface area (Å²) in [5.74, 6) is 1.10. The smallest absolute Gasteiger partial charge is 0.270 e. The minimum absolute atomic E-state index is 0.0305.